The molecule has 0 atom stereocenters. The van der Waals surface area contributed by atoms with Crippen molar-refractivity contribution in [1.29, 1.82) is 0 Å². The molecule has 0 aliphatic carbocycles. The van der Waals surface area contributed by atoms with E-state index in [2.05, 4.69) is 38.8 Å². The maximum atomic E-state index is 14.0. The average molecular weight is 726 g/mol. The highest BCUT2D eigenvalue weighted by Gasteiger charge is 2.41. The predicted molar refractivity (Wildman–Crippen MR) is 189 cm³/mol. The van der Waals surface area contributed by atoms with Crippen LogP contribution < -0.4 is 9.80 Å². The molecular formula is C37H49F6N3O3Si. The second kappa shape index (κ2) is 15.4. The predicted octanol–water partition coefficient (Wildman–Crippen LogP) is 9.90. The number of carbonyl (C=O) groups excluding carboxylic acids is 1. The molecule has 276 valence electrons. The van der Waals surface area contributed by atoms with Crippen LogP contribution in [0.3, 0.4) is 0 Å². The molecule has 1 aromatic heterocycles. The van der Waals surface area contributed by atoms with Crippen LogP contribution in [0.1, 0.15) is 63.3 Å². The summed E-state index contributed by atoms with van der Waals surface area (Å²) in [4.78, 5) is 21.8. The molecule has 3 rings (SSSR count). The molecule has 0 spiro atoms. The van der Waals surface area contributed by atoms with Gasteiger partial charge in [-0.05, 0) is 86.3 Å². The lowest BCUT2D eigenvalue weighted by atomic mass is 9.81. The van der Waals surface area contributed by atoms with E-state index in [0.717, 1.165) is 17.5 Å². The molecule has 1 amide bonds. The molecule has 1 heterocycles. The molecule has 0 unspecified atom stereocenters. The first-order valence-corrected chi connectivity index (χ1v) is 19.4. The van der Waals surface area contributed by atoms with E-state index in [1.807, 2.05) is 49.2 Å². The zero-order valence-corrected chi connectivity index (χ0v) is 31.6. The molecule has 0 N–H and O–H groups in total. The molecule has 0 aliphatic heterocycles. The van der Waals surface area contributed by atoms with Crippen molar-refractivity contribution in [3.8, 4) is 11.1 Å². The summed E-state index contributed by atoms with van der Waals surface area (Å²) in [7, 11) is 1.48. The molecule has 6 nitrogen and oxygen atoms in total. The van der Waals surface area contributed by atoms with Gasteiger partial charge in [-0.15, -0.1) is 0 Å². The molecule has 3 aromatic rings. The molecule has 0 bridgehead atoms. The fourth-order valence-corrected chi connectivity index (χ4v) is 6.18. The molecular weight excluding hydrogens is 676 g/mol. The van der Waals surface area contributed by atoms with Crippen LogP contribution in [-0.4, -0.2) is 59.7 Å². The standard InChI is InChI=1S/C37H49F6N3O3Si/c1-25-14-11-12-15-29(25)30-23-32(45(7)16-19-48-17-13-18-49-50(9,10)34(2,3)4)44-24-31(30)46(8)33(47)35(5,6)26-20-27(36(38,39)40)22-28(21-26)37(41,42)43/h11-12,14-15,20-24H,13,16-19H2,1-10H3. The first kappa shape index (κ1) is 41.0. The summed E-state index contributed by atoms with van der Waals surface area (Å²) in [5, 5.41) is 0.137. The van der Waals surface area contributed by atoms with Crippen LogP contribution in [-0.2, 0) is 31.7 Å². The zero-order valence-electron chi connectivity index (χ0n) is 30.6. The fourth-order valence-electron chi connectivity index (χ4n) is 5.09. The third-order valence-corrected chi connectivity index (χ3v) is 14.0. The normalized spacial score (nSPS) is 13.0. The Morgan fingerprint density at radius 3 is 1.90 bits per heavy atom. The van der Waals surface area contributed by atoms with Gasteiger partial charge >= 0.3 is 12.4 Å². The molecule has 0 radical (unpaired) electrons. The topological polar surface area (TPSA) is 54.9 Å². The summed E-state index contributed by atoms with van der Waals surface area (Å²) >= 11 is 0. The van der Waals surface area contributed by atoms with Crippen molar-refractivity contribution in [3.05, 3.63) is 77.0 Å². The first-order chi connectivity index (χ1) is 22.9. The zero-order chi connectivity index (χ0) is 37.9. The first-order valence-electron chi connectivity index (χ1n) is 16.4. The lowest BCUT2D eigenvalue weighted by molar-refractivity contribution is -0.143. The van der Waals surface area contributed by atoms with Gasteiger partial charge in [0.15, 0.2) is 8.32 Å². The molecule has 50 heavy (non-hydrogen) atoms. The Balaban J connectivity index is 1.86. The summed E-state index contributed by atoms with van der Waals surface area (Å²) in [6, 6.07) is 10.5. The third kappa shape index (κ3) is 9.88. The van der Waals surface area contributed by atoms with Crippen molar-refractivity contribution in [1.82, 2.24) is 4.98 Å². The number of benzene rings is 2. The van der Waals surface area contributed by atoms with Crippen LogP contribution in [0.25, 0.3) is 11.1 Å². The fraction of sp³-hybridized carbons (Fsp3) is 0.514. The number of hydrogen-bond donors (Lipinski definition) is 0. The Morgan fingerprint density at radius 2 is 1.36 bits per heavy atom. The summed E-state index contributed by atoms with van der Waals surface area (Å²) in [5.74, 6) is -0.127. The number of carbonyl (C=O) groups is 1. The third-order valence-electron chi connectivity index (χ3n) is 9.48. The van der Waals surface area contributed by atoms with Gasteiger partial charge in [-0.2, -0.15) is 26.3 Å². The van der Waals surface area contributed by atoms with Crippen LogP contribution in [0.15, 0.2) is 54.7 Å². The number of alkyl halides is 6. The van der Waals surface area contributed by atoms with Gasteiger partial charge in [0.05, 0.1) is 35.0 Å². The van der Waals surface area contributed by atoms with Crippen LogP contribution in [0, 0.1) is 6.92 Å². The monoisotopic (exact) mass is 725 g/mol. The van der Waals surface area contributed by atoms with E-state index in [9.17, 15) is 31.1 Å². The molecule has 13 heteroatoms. The second-order valence-corrected chi connectivity index (χ2v) is 19.5. The average Bonchev–Trinajstić information content (AvgIpc) is 3.01. The molecule has 0 saturated carbocycles. The molecule has 0 aliphatic rings. The minimum absolute atomic E-state index is 0.0544. The van der Waals surface area contributed by atoms with Gasteiger partial charge in [0, 0.05) is 39.4 Å². The van der Waals surface area contributed by atoms with Crippen molar-refractivity contribution >= 4 is 25.7 Å². The Bertz CT molecular complexity index is 1600. The lowest BCUT2D eigenvalue weighted by Crippen LogP contribution is -2.42. The van der Waals surface area contributed by atoms with E-state index in [1.165, 1.54) is 32.0 Å². The molecule has 0 saturated heterocycles. The molecule has 2 aromatic carbocycles. The van der Waals surface area contributed by atoms with Crippen molar-refractivity contribution in [2.24, 2.45) is 0 Å². The van der Waals surface area contributed by atoms with Gasteiger partial charge in [0.1, 0.15) is 5.82 Å². The van der Waals surface area contributed by atoms with Crippen LogP contribution in [0.4, 0.5) is 37.8 Å². The largest absolute Gasteiger partial charge is 0.417 e. The quantitative estimate of drug-likeness (QED) is 0.0998. The minimum atomic E-state index is -5.05. The van der Waals surface area contributed by atoms with Crippen molar-refractivity contribution in [2.45, 2.75) is 83.9 Å². The van der Waals surface area contributed by atoms with Gasteiger partial charge in [-0.25, -0.2) is 4.98 Å². The summed E-state index contributed by atoms with van der Waals surface area (Å²) < 4.78 is 94.1. The lowest BCUT2D eigenvalue weighted by Gasteiger charge is -2.36. The summed E-state index contributed by atoms with van der Waals surface area (Å²) in [5.41, 5.74) is -2.51. The Hall–Kier alpha value is -3.42. The van der Waals surface area contributed by atoms with Crippen molar-refractivity contribution in [2.75, 3.05) is 50.3 Å². The number of nitrogens with zero attached hydrogens (tertiary/aromatic N) is 3. The van der Waals surface area contributed by atoms with E-state index in [0.29, 0.717) is 55.6 Å². The molecule has 0 fully saturated rings. The maximum Gasteiger partial charge on any atom is 0.416 e. The van der Waals surface area contributed by atoms with Crippen LogP contribution in [0.2, 0.25) is 18.1 Å². The summed E-state index contributed by atoms with van der Waals surface area (Å²) in [6.07, 6.45) is -7.83. The van der Waals surface area contributed by atoms with Crippen LogP contribution in [0.5, 0.6) is 0 Å². The van der Waals surface area contributed by atoms with Crippen LogP contribution >= 0.6 is 0 Å². The van der Waals surface area contributed by atoms with E-state index < -0.39 is 48.7 Å². The van der Waals surface area contributed by atoms with Gasteiger partial charge in [0.2, 0.25) is 5.91 Å². The Kier molecular flexibility index (Phi) is 12.7. The number of rotatable bonds is 13. The number of ether oxygens (including phenoxy) is 1. The highest BCUT2D eigenvalue weighted by Crippen LogP contribution is 2.41. The van der Waals surface area contributed by atoms with Crippen molar-refractivity contribution < 1.29 is 40.3 Å². The number of pyridine rings is 1. The Morgan fingerprint density at radius 1 is 0.800 bits per heavy atom. The van der Waals surface area contributed by atoms with E-state index in [-0.39, 0.29) is 11.1 Å². The second-order valence-electron chi connectivity index (χ2n) is 14.7. The smallest absolute Gasteiger partial charge is 0.416 e. The summed E-state index contributed by atoms with van der Waals surface area (Å²) in [6.45, 7) is 17.7. The van der Waals surface area contributed by atoms with Gasteiger partial charge in [-0.3, -0.25) is 4.79 Å². The SMILES string of the molecule is Cc1ccccc1-c1cc(N(C)CCOCCCO[Si](C)(C)C(C)(C)C)ncc1N(C)C(=O)C(C)(C)c1cc(C(F)(F)F)cc(C(F)(F)F)c1. The maximum absolute atomic E-state index is 14.0. The Labute approximate surface area is 292 Å². The number of hydrogen-bond acceptors (Lipinski definition) is 5. The number of halogens is 6. The van der Waals surface area contributed by atoms with Gasteiger partial charge in [-0.1, -0.05) is 45.0 Å². The minimum Gasteiger partial charge on any atom is -0.417 e. The van der Waals surface area contributed by atoms with E-state index in [1.54, 1.807) is 0 Å². The number of amides is 1. The van der Waals surface area contributed by atoms with E-state index in [4.69, 9.17) is 9.16 Å². The van der Waals surface area contributed by atoms with Gasteiger partial charge in [0.25, 0.3) is 0 Å². The highest BCUT2D eigenvalue weighted by atomic mass is 28.4. The number of anilines is 2. The van der Waals surface area contributed by atoms with Crippen molar-refractivity contribution in [3.63, 3.8) is 0 Å². The van der Waals surface area contributed by atoms with E-state index >= 15 is 0 Å². The van der Waals surface area contributed by atoms with Gasteiger partial charge < -0.3 is 19.0 Å². The number of aryl methyl sites for hydroxylation is 1. The number of likely N-dealkylation sites (N-methyl/N-ethyl adjacent to an activating group) is 2. The number of aromatic nitrogens is 1. The highest BCUT2D eigenvalue weighted by molar-refractivity contribution is 6.74.